The predicted octanol–water partition coefficient (Wildman–Crippen LogP) is 2.49. The molecular weight excluding hydrogens is 390 g/mol. The molecule has 1 aromatic heterocycles. The fraction of sp³-hybridized carbons (Fsp3) is 0.429. The lowest BCUT2D eigenvalue weighted by atomic mass is 10.2. The Morgan fingerprint density at radius 3 is 2.66 bits per heavy atom. The zero-order chi connectivity index (χ0) is 20.9. The number of nitrogens with one attached hydrogen (secondary N) is 1. The maximum absolute atomic E-state index is 13.2. The second-order valence-corrected chi connectivity index (χ2v) is 9.07. The molecule has 0 saturated carbocycles. The van der Waals surface area contributed by atoms with Gasteiger partial charge in [-0.05, 0) is 51.0 Å². The van der Waals surface area contributed by atoms with Crippen LogP contribution in [-0.4, -0.2) is 38.3 Å². The van der Waals surface area contributed by atoms with E-state index in [4.69, 9.17) is 4.74 Å². The van der Waals surface area contributed by atoms with E-state index in [1.165, 1.54) is 10.4 Å². The molecule has 0 atom stereocenters. The number of rotatable bonds is 7. The van der Waals surface area contributed by atoms with Gasteiger partial charge in [0.2, 0.25) is 16.6 Å². The molecule has 7 nitrogen and oxygen atoms in total. The maximum atomic E-state index is 13.2. The quantitative estimate of drug-likeness (QED) is 0.701. The van der Waals surface area contributed by atoms with E-state index in [0.29, 0.717) is 31.1 Å². The number of hydrogen-bond acceptors (Lipinski definition) is 4. The standard InChI is InChI=1S/C21H27N3O4S/c1-3-28-19-10-9-18(22-21(25)16-23-11-7-8-17(2)15-23)14-20(19)29(26,27)24-12-5-4-6-13-24/h7-11,14-15H,3-6,12-13,16H2,1-2H3/p+1. The summed E-state index contributed by atoms with van der Waals surface area (Å²) in [7, 11) is -3.69. The third-order valence-electron chi connectivity index (χ3n) is 4.79. The number of carbonyl (C=O) groups excluding carboxylic acids is 1. The number of ether oxygens (including phenoxy) is 1. The molecule has 156 valence electrons. The molecule has 3 rings (SSSR count). The highest BCUT2D eigenvalue weighted by atomic mass is 32.2. The van der Waals surface area contributed by atoms with Crippen molar-refractivity contribution in [2.24, 2.45) is 0 Å². The van der Waals surface area contributed by atoms with Crippen LogP contribution in [0.1, 0.15) is 31.7 Å². The Balaban J connectivity index is 1.83. The average molecular weight is 419 g/mol. The minimum absolute atomic E-state index is 0.0993. The molecule has 1 aromatic carbocycles. The van der Waals surface area contributed by atoms with Crippen LogP contribution in [0.25, 0.3) is 0 Å². The number of aromatic nitrogens is 1. The maximum Gasteiger partial charge on any atom is 0.290 e. The van der Waals surface area contributed by atoms with Gasteiger partial charge in [0.05, 0.1) is 6.61 Å². The minimum atomic E-state index is -3.69. The van der Waals surface area contributed by atoms with E-state index in [1.54, 1.807) is 16.7 Å². The SMILES string of the molecule is CCOc1ccc(NC(=O)C[n+]2cccc(C)c2)cc1S(=O)(=O)N1CCCCC1. The first kappa shape index (κ1) is 21.3. The van der Waals surface area contributed by atoms with Crippen molar-refractivity contribution < 1.29 is 22.5 Å². The van der Waals surface area contributed by atoms with Gasteiger partial charge >= 0.3 is 0 Å². The van der Waals surface area contributed by atoms with E-state index < -0.39 is 10.0 Å². The number of sulfonamides is 1. The molecular formula is C21H28N3O4S+. The van der Waals surface area contributed by atoms with Gasteiger partial charge in [-0.3, -0.25) is 4.79 Å². The molecule has 2 heterocycles. The van der Waals surface area contributed by atoms with Crippen LogP contribution in [0.5, 0.6) is 5.75 Å². The fourth-order valence-electron chi connectivity index (χ4n) is 3.42. The Morgan fingerprint density at radius 2 is 1.97 bits per heavy atom. The van der Waals surface area contributed by atoms with Gasteiger partial charge in [0.25, 0.3) is 5.91 Å². The first-order valence-electron chi connectivity index (χ1n) is 9.92. The molecule has 1 aliphatic rings. The highest BCUT2D eigenvalue weighted by Gasteiger charge is 2.29. The Morgan fingerprint density at radius 1 is 1.21 bits per heavy atom. The Bertz CT molecular complexity index is 970. The van der Waals surface area contributed by atoms with Gasteiger partial charge in [-0.2, -0.15) is 8.87 Å². The molecule has 29 heavy (non-hydrogen) atoms. The van der Waals surface area contributed by atoms with Crippen LogP contribution < -0.4 is 14.6 Å². The zero-order valence-corrected chi connectivity index (χ0v) is 17.7. The summed E-state index contributed by atoms with van der Waals surface area (Å²) in [6.45, 7) is 5.29. The van der Waals surface area contributed by atoms with Gasteiger partial charge in [-0.1, -0.05) is 6.42 Å². The van der Waals surface area contributed by atoms with Crippen LogP contribution in [0.4, 0.5) is 5.69 Å². The lowest BCUT2D eigenvalue weighted by Crippen LogP contribution is -2.39. The summed E-state index contributed by atoms with van der Waals surface area (Å²) in [4.78, 5) is 12.5. The number of amides is 1. The minimum Gasteiger partial charge on any atom is -0.492 e. The lowest BCUT2D eigenvalue weighted by Gasteiger charge is -2.26. The molecule has 1 N–H and O–H groups in total. The molecule has 1 aliphatic heterocycles. The molecule has 0 spiro atoms. The molecule has 0 aliphatic carbocycles. The van der Waals surface area contributed by atoms with Crippen molar-refractivity contribution in [2.45, 2.75) is 44.6 Å². The monoisotopic (exact) mass is 418 g/mol. The van der Waals surface area contributed by atoms with E-state index in [9.17, 15) is 13.2 Å². The molecule has 8 heteroatoms. The molecule has 2 aromatic rings. The van der Waals surface area contributed by atoms with Crippen LogP contribution in [-0.2, 0) is 21.4 Å². The Hall–Kier alpha value is -2.45. The molecule has 1 fully saturated rings. The fourth-order valence-corrected chi connectivity index (χ4v) is 5.10. The number of nitrogens with zero attached hydrogens (tertiary/aromatic N) is 2. The summed E-state index contributed by atoms with van der Waals surface area (Å²) in [5.41, 5.74) is 1.48. The van der Waals surface area contributed by atoms with Gasteiger partial charge < -0.3 is 10.1 Å². The van der Waals surface area contributed by atoms with Gasteiger partial charge in [-0.15, -0.1) is 0 Å². The van der Waals surface area contributed by atoms with Crippen molar-refractivity contribution in [3.8, 4) is 5.75 Å². The smallest absolute Gasteiger partial charge is 0.290 e. The van der Waals surface area contributed by atoms with E-state index >= 15 is 0 Å². The number of anilines is 1. The Kier molecular flexibility index (Phi) is 6.87. The third kappa shape index (κ3) is 5.33. The Labute approximate surface area is 172 Å². The number of aryl methyl sites for hydroxylation is 1. The molecule has 1 saturated heterocycles. The second-order valence-electron chi connectivity index (χ2n) is 7.16. The zero-order valence-electron chi connectivity index (χ0n) is 16.9. The highest BCUT2D eigenvalue weighted by Crippen LogP contribution is 2.31. The third-order valence-corrected chi connectivity index (χ3v) is 6.71. The number of pyridine rings is 1. The normalized spacial score (nSPS) is 15.1. The topological polar surface area (TPSA) is 79.6 Å². The lowest BCUT2D eigenvalue weighted by molar-refractivity contribution is -0.684. The molecule has 0 bridgehead atoms. The average Bonchev–Trinajstić information content (AvgIpc) is 2.70. The number of carbonyl (C=O) groups is 1. The van der Waals surface area contributed by atoms with Crippen LogP contribution in [0.15, 0.2) is 47.6 Å². The molecule has 0 radical (unpaired) electrons. The van der Waals surface area contributed by atoms with Crippen LogP contribution in [0.2, 0.25) is 0 Å². The molecule has 0 unspecified atom stereocenters. The van der Waals surface area contributed by atoms with Crippen LogP contribution >= 0.6 is 0 Å². The second kappa shape index (κ2) is 9.37. The van der Waals surface area contributed by atoms with Crippen molar-refractivity contribution in [1.29, 1.82) is 0 Å². The van der Waals surface area contributed by atoms with E-state index in [1.807, 2.05) is 38.4 Å². The van der Waals surface area contributed by atoms with E-state index in [-0.39, 0.29) is 17.3 Å². The first-order valence-corrected chi connectivity index (χ1v) is 11.4. The summed E-state index contributed by atoms with van der Waals surface area (Å²) < 4.78 is 35.2. The summed E-state index contributed by atoms with van der Waals surface area (Å²) in [5, 5.41) is 2.80. The van der Waals surface area contributed by atoms with Crippen LogP contribution in [0, 0.1) is 6.92 Å². The number of benzene rings is 1. The molecule has 1 amide bonds. The summed E-state index contributed by atoms with van der Waals surface area (Å²) >= 11 is 0. The summed E-state index contributed by atoms with van der Waals surface area (Å²) in [6, 6.07) is 8.60. The van der Waals surface area contributed by atoms with E-state index in [0.717, 1.165) is 24.8 Å². The number of piperidine rings is 1. The van der Waals surface area contributed by atoms with E-state index in [2.05, 4.69) is 5.32 Å². The highest BCUT2D eigenvalue weighted by molar-refractivity contribution is 7.89. The van der Waals surface area contributed by atoms with Gasteiger partial charge in [0.15, 0.2) is 12.4 Å². The van der Waals surface area contributed by atoms with Crippen molar-refractivity contribution >= 4 is 21.6 Å². The predicted molar refractivity (Wildman–Crippen MR) is 110 cm³/mol. The van der Waals surface area contributed by atoms with Crippen LogP contribution in [0.3, 0.4) is 0 Å². The van der Waals surface area contributed by atoms with Gasteiger partial charge in [-0.25, -0.2) is 8.42 Å². The summed E-state index contributed by atoms with van der Waals surface area (Å²) in [5.74, 6) is 0.0789. The van der Waals surface area contributed by atoms with Gasteiger partial charge in [0.1, 0.15) is 10.6 Å². The summed E-state index contributed by atoms with van der Waals surface area (Å²) in [6.07, 6.45) is 6.44. The van der Waals surface area contributed by atoms with Crippen molar-refractivity contribution in [3.63, 3.8) is 0 Å². The van der Waals surface area contributed by atoms with Crippen molar-refractivity contribution in [2.75, 3.05) is 25.0 Å². The van der Waals surface area contributed by atoms with Gasteiger partial charge in [0, 0.05) is 30.4 Å². The van der Waals surface area contributed by atoms with Crippen molar-refractivity contribution in [3.05, 3.63) is 48.3 Å². The van der Waals surface area contributed by atoms with Crippen molar-refractivity contribution in [1.82, 2.24) is 4.31 Å². The number of hydrogen-bond donors (Lipinski definition) is 1. The largest absolute Gasteiger partial charge is 0.492 e. The first-order chi connectivity index (χ1) is 13.9.